The predicted octanol–water partition coefficient (Wildman–Crippen LogP) is 0.819. The Bertz CT molecular complexity index is 47.8. The van der Waals surface area contributed by atoms with Crippen LogP contribution < -0.4 is 5.32 Å². The first-order valence-corrected chi connectivity index (χ1v) is 5.18. The molecule has 1 atom stereocenters. The third-order valence-electron chi connectivity index (χ3n) is 1.09. The molecule has 0 saturated heterocycles. The van der Waals surface area contributed by atoms with Crippen molar-refractivity contribution < 1.29 is 0 Å². The van der Waals surface area contributed by atoms with Crippen molar-refractivity contribution >= 4 is 22.5 Å². The zero-order valence-corrected chi connectivity index (χ0v) is 8.55. The van der Waals surface area contributed by atoms with E-state index in [9.17, 15) is 0 Å². The average molecular weight is 219 g/mol. The summed E-state index contributed by atoms with van der Waals surface area (Å²) in [5.74, 6) is 0.883. The summed E-state index contributed by atoms with van der Waals surface area (Å²) in [4.78, 5) is 0. The van der Waals surface area contributed by atoms with Gasteiger partial charge in [0.05, 0.1) is 0 Å². The molecule has 0 aromatic carbocycles. The maximum atomic E-state index is 3.31. The van der Waals surface area contributed by atoms with Gasteiger partial charge < -0.3 is 0 Å². The van der Waals surface area contributed by atoms with Gasteiger partial charge in [0.25, 0.3) is 0 Å². The molecule has 1 nitrogen and oxygen atoms in total. The van der Waals surface area contributed by atoms with Crippen LogP contribution in [0.1, 0.15) is 13.8 Å². The van der Waals surface area contributed by atoms with Crippen LogP contribution in [-0.4, -0.2) is 35.6 Å². The second kappa shape index (κ2) is 5.89. The predicted molar refractivity (Wildman–Crippen MR) is 38.3 cm³/mol. The summed E-state index contributed by atoms with van der Waals surface area (Å²) in [6, 6.07) is 0. The van der Waals surface area contributed by atoms with E-state index < -0.39 is 0 Å². The fourth-order valence-corrected chi connectivity index (χ4v) is 0.875. The van der Waals surface area contributed by atoms with Gasteiger partial charge in [-0.05, 0) is 0 Å². The number of rotatable bonds is 4. The second-order valence-corrected chi connectivity index (χ2v) is 3.28. The standard InChI is InChI=1S/C6H14N.Sn/c1-4-7-5-6(2)3;/h6-7H,2,4-5H2,1,3H3;. The van der Waals surface area contributed by atoms with Gasteiger partial charge in [0.2, 0.25) is 0 Å². The van der Waals surface area contributed by atoms with Crippen molar-refractivity contribution in [1.29, 1.82) is 0 Å². The zero-order valence-electron chi connectivity index (χ0n) is 5.70. The number of hydrogen-bond donors (Lipinski definition) is 1. The second-order valence-electron chi connectivity index (χ2n) is 2.12. The van der Waals surface area contributed by atoms with Crippen LogP contribution in [0, 0.1) is 5.92 Å². The Morgan fingerprint density at radius 2 is 2.25 bits per heavy atom. The van der Waals surface area contributed by atoms with E-state index in [1.807, 2.05) is 0 Å². The van der Waals surface area contributed by atoms with Crippen LogP contribution in [0.25, 0.3) is 0 Å². The third kappa shape index (κ3) is 4.91. The van der Waals surface area contributed by atoms with Crippen LogP contribution in [0.15, 0.2) is 0 Å². The molecule has 0 rings (SSSR count). The van der Waals surface area contributed by atoms with Gasteiger partial charge in [0, 0.05) is 0 Å². The van der Waals surface area contributed by atoms with E-state index >= 15 is 0 Å². The van der Waals surface area contributed by atoms with Gasteiger partial charge in [-0.25, -0.2) is 0 Å². The normalized spacial score (nSPS) is 13.9. The Morgan fingerprint density at radius 3 is 2.62 bits per heavy atom. The van der Waals surface area contributed by atoms with E-state index in [-0.39, 0.29) is 0 Å². The molecule has 0 saturated carbocycles. The summed E-state index contributed by atoms with van der Waals surface area (Å²) >= 11 is 1.66. The maximum absolute atomic E-state index is 3.31. The first-order valence-electron chi connectivity index (χ1n) is 3.16. The molecule has 0 heterocycles. The van der Waals surface area contributed by atoms with Crippen LogP contribution in [0.5, 0.6) is 0 Å². The topological polar surface area (TPSA) is 12.0 Å². The fourth-order valence-electron chi connectivity index (χ4n) is 0.463. The number of nitrogens with one attached hydrogen (secondary N) is 1. The van der Waals surface area contributed by atoms with Gasteiger partial charge in [0.15, 0.2) is 0 Å². The van der Waals surface area contributed by atoms with Crippen LogP contribution >= 0.6 is 0 Å². The molecular formula is C6H14NSn. The Hall–Kier alpha value is 0.759. The summed E-state index contributed by atoms with van der Waals surface area (Å²) in [6.45, 7) is 6.75. The van der Waals surface area contributed by atoms with E-state index in [2.05, 4.69) is 19.2 Å². The van der Waals surface area contributed by atoms with E-state index in [1.165, 1.54) is 11.0 Å². The molecule has 1 N–H and O–H groups in total. The molecule has 0 aliphatic heterocycles. The molecule has 0 spiro atoms. The fraction of sp³-hybridized carbons (Fsp3) is 1.00. The molecule has 47 valence electrons. The van der Waals surface area contributed by atoms with Gasteiger partial charge in [0.1, 0.15) is 0 Å². The van der Waals surface area contributed by atoms with Gasteiger partial charge >= 0.3 is 65.1 Å². The molecule has 0 amide bonds. The van der Waals surface area contributed by atoms with Crippen molar-refractivity contribution in [2.45, 2.75) is 18.3 Å². The first kappa shape index (κ1) is 8.76. The Kier molecular flexibility index (Phi) is 6.45. The van der Waals surface area contributed by atoms with Gasteiger partial charge in [-0.2, -0.15) is 0 Å². The van der Waals surface area contributed by atoms with Crippen LogP contribution in [0.4, 0.5) is 0 Å². The SMILES string of the molecule is CCNCC(C)[CH2][Sn]. The molecular weight excluding hydrogens is 205 g/mol. The summed E-state index contributed by atoms with van der Waals surface area (Å²) in [7, 11) is 0. The molecule has 0 bridgehead atoms. The first-order chi connectivity index (χ1) is 3.81. The van der Waals surface area contributed by atoms with E-state index in [0.29, 0.717) is 0 Å². The molecule has 0 aliphatic carbocycles. The Morgan fingerprint density at radius 1 is 1.62 bits per heavy atom. The van der Waals surface area contributed by atoms with Crippen molar-refractivity contribution in [3.05, 3.63) is 0 Å². The molecule has 0 aromatic heterocycles. The minimum atomic E-state index is 0.883. The summed E-state index contributed by atoms with van der Waals surface area (Å²) in [5.41, 5.74) is 0. The molecule has 0 aromatic rings. The molecule has 0 fully saturated rings. The third-order valence-corrected chi connectivity index (χ3v) is 3.08. The van der Waals surface area contributed by atoms with Crippen LogP contribution in [-0.2, 0) is 0 Å². The average Bonchev–Trinajstić information content (AvgIpc) is 1.83. The van der Waals surface area contributed by atoms with Crippen molar-refractivity contribution in [2.75, 3.05) is 13.1 Å². The van der Waals surface area contributed by atoms with Gasteiger partial charge in [-0.3, -0.25) is 0 Å². The Labute approximate surface area is 65.3 Å². The van der Waals surface area contributed by atoms with E-state index in [1.54, 1.807) is 22.5 Å². The monoisotopic (exact) mass is 220 g/mol. The Balaban J connectivity index is 2.86. The minimum absolute atomic E-state index is 0.883. The summed E-state index contributed by atoms with van der Waals surface area (Å²) in [5, 5.41) is 3.31. The summed E-state index contributed by atoms with van der Waals surface area (Å²) in [6.07, 6.45) is 0. The summed E-state index contributed by atoms with van der Waals surface area (Å²) < 4.78 is 1.37. The molecule has 1 unspecified atom stereocenters. The van der Waals surface area contributed by atoms with E-state index in [0.717, 1.165) is 12.5 Å². The van der Waals surface area contributed by atoms with Crippen molar-refractivity contribution in [2.24, 2.45) is 5.92 Å². The van der Waals surface area contributed by atoms with Gasteiger partial charge in [-0.15, -0.1) is 0 Å². The van der Waals surface area contributed by atoms with Crippen LogP contribution in [0.2, 0.25) is 4.44 Å². The molecule has 0 aliphatic rings. The zero-order chi connectivity index (χ0) is 6.41. The van der Waals surface area contributed by atoms with E-state index in [4.69, 9.17) is 0 Å². The molecule has 8 heavy (non-hydrogen) atoms. The molecule has 2 heteroatoms. The molecule has 3 radical (unpaired) electrons. The number of hydrogen-bond acceptors (Lipinski definition) is 1. The van der Waals surface area contributed by atoms with Crippen LogP contribution in [0.3, 0.4) is 0 Å². The quantitative estimate of drug-likeness (QED) is 0.690. The van der Waals surface area contributed by atoms with Crippen molar-refractivity contribution in [3.63, 3.8) is 0 Å². The van der Waals surface area contributed by atoms with Crippen molar-refractivity contribution in [1.82, 2.24) is 5.32 Å². The van der Waals surface area contributed by atoms with Crippen molar-refractivity contribution in [3.8, 4) is 0 Å². The van der Waals surface area contributed by atoms with Gasteiger partial charge in [-0.1, -0.05) is 0 Å².